The Labute approximate surface area is 164 Å². The fourth-order valence-electron chi connectivity index (χ4n) is 2.95. The van der Waals surface area contributed by atoms with E-state index < -0.39 is 35.3 Å². The number of aromatic nitrogens is 4. The number of alkyl halides is 3. The quantitative estimate of drug-likeness (QED) is 0.722. The third-order valence-corrected chi connectivity index (χ3v) is 4.27. The van der Waals surface area contributed by atoms with Gasteiger partial charge in [0, 0.05) is 11.1 Å². The van der Waals surface area contributed by atoms with Crippen molar-refractivity contribution in [2.24, 2.45) is 0 Å². The summed E-state index contributed by atoms with van der Waals surface area (Å²) in [6, 6.07) is 4.28. The molecule has 154 valence electrons. The van der Waals surface area contributed by atoms with Crippen LogP contribution in [0.25, 0.3) is 10.9 Å². The summed E-state index contributed by atoms with van der Waals surface area (Å²) in [7, 11) is 0. The van der Waals surface area contributed by atoms with Crippen molar-refractivity contribution in [1.29, 1.82) is 0 Å². The van der Waals surface area contributed by atoms with Gasteiger partial charge in [0.2, 0.25) is 5.91 Å². The molecule has 0 saturated heterocycles. The predicted octanol–water partition coefficient (Wildman–Crippen LogP) is 3.31. The summed E-state index contributed by atoms with van der Waals surface area (Å²) in [6.45, 7) is 6.91. The molecule has 0 aliphatic carbocycles. The first kappa shape index (κ1) is 20.6. The zero-order valence-corrected chi connectivity index (χ0v) is 16.3. The van der Waals surface area contributed by atoms with E-state index in [2.05, 4.69) is 15.5 Å². The topological polar surface area (TPSA) is 81.8 Å². The van der Waals surface area contributed by atoms with Crippen molar-refractivity contribution in [2.75, 3.05) is 5.32 Å². The van der Waals surface area contributed by atoms with Gasteiger partial charge in [-0.05, 0) is 45.9 Å². The van der Waals surface area contributed by atoms with Crippen molar-refractivity contribution in [3.05, 3.63) is 52.1 Å². The van der Waals surface area contributed by atoms with E-state index in [0.29, 0.717) is 16.6 Å². The summed E-state index contributed by atoms with van der Waals surface area (Å²) >= 11 is 0. The number of halogens is 3. The van der Waals surface area contributed by atoms with Crippen molar-refractivity contribution in [3.8, 4) is 0 Å². The summed E-state index contributed by atoms with van der Waals surface area (Å²) in [4.78, 5) is 25.2. The van der Waals surface area contributed by atoms with Gasteiger partial charge in [-0.15, -0.1) is 0 Å². The molecule has 29 heavy (non-hydrogen) atoms. The molecule has 0 aliphatic rings. The van der Waals surface area contributed by atoms with Crippen molar-refractivity contribution in [3.63, 3.8) is 0 Å². The van der Waals surface area contributed by atoms with E-state index in [0.717, 1.165) is 16.8 Å². The molecule has 7 nitrogen and oxygen atoms in total. The van der Waals surface area contributed by atoms with Crippen molar-refractivity contribution < 1.29 is 18.0 Å². The molecule has 3 rings (SSSR count). The van der Waals surface area contributed by atoms with Gasteiger partial charge in [0.05, 0.1) is 23.0 Å². The average molecular weight is 407 g/mol. The van der Waals surface area contributed by atoms with Crippen LogP contribution in [0.5, 0.6) is 0 Å². The second-order valence-corrected chi connectivity index (χ2v) is 7.66. The number of nitrogens with zero attached hydrogens (tertiary/aromatic N) is 4. The number of hydrogen-bond acceptors (Lipinski definition) is 4. The summed E-state index contributed by atoms with van der Waals surface area (Å²) < 4.78 is 41.0. The van der Waals surface area contributed by atoms with Crippen LogP contribution in [0.3, 0.4) is 0 Å². The molecule has 3 aromatic rings. The smallest absolute Gasteiger partial charge is 0.324 e. The molecule has 10 heteroatoms. The maximum absolute atomic E-state index is 12.9. The second kappa shape index (κ2) is 7.02. The lowest BCUT2D eigenvalue weighted by Gasteiger charge is -2.20. The molecule has 1 N–H and O–H groups in total. The Morgan fingerprint density at radius 2 is 1.90 bits per heavy atom. The number of fused-ring (bicyclic) bond motifs is 1. The Hall–Kier alpha value is -3.17. The summed E-state index contributed by atoms with van der Waals surface area (Å²) in [5.41, 5.74) is -1.03. The van der Waals surface area contributed by atoms with Crippen LogP contribution in [-0.4, -0.2) is 25.5 Å². The van der Waals surface area contributed by atoms with E-state index in [4.69, 9.17) is 0 Å². The molecule has 0 fully saturated rings. The number of hydrogen-bond donors (Lipinski definition) is 1. The van der Waals surface area contributed by atoms with Crippen molar-refractivity contribution in [1.82, 2.24) is 19.6 Å². The van der Waals surface area contributed by atoms with Crippen LogP contribution >= 0.6 is 0 Å². The van der Waals surface area contributed by atoms with Crippen LogP contribution in [0.15, 0.2) is 35.3 Å². The SMILES string of the molecule is Cc1nn(CC(=O)Nc2cccc(C(F)(F)F)c2)c(=O)c2c1cnn2C(C)(C)C. The maximum atomic E-state index is 12.9. The van der Waals surface area contributed by atoms with E-state index in [9.17, 15) is 22.8 Å². The molecule has 2 aromatic heterocycles. The number of carbonyl (C=O) groups excluding carboxylic acids is 1. The standard InChI is InChI=1S/C19H20F3N5O2/c1-11-14-9-23-27(18(2,3)4)16(14)17(29)26(25-11)10-15(28)24-13-7-5-6-12(8-13)19(20,21)22/h5-9H,10H2,1-4H3,(H,24,28). The molecular formula is C19H20F3N5O2. The molecule has 0 spiro atoms. The largest absolute Gasteiger partial charge is 0.416 e. The Morgan fingerprint density at radius 1 is 1.21 bits per heavy atom. The maximum Gasteiger partial charge on any atom is 0.416 e. The number of nitrogens with one attached hydrogen (secondary N) is 1. The van der Waals surface area contributed by atoms with Gasteiger partial charge in [-0.3, -0.25) is 14.3 Å². The third kappa shape index (κ3) is 4.15. The Morgan fingerprint density at radius 3 is 2.52 bits per heavy atom. The Bertz CT molecular complexity index is 1140. The van der Waals surface area contributed by atoms with Crippen LogP contribution in [0.4, 0.5) is 18.9 Å². The average Bonchev–Trinajstić information content (AvgIpc) is 3.05. The molecule has 0 atom stereocenters. The number of rotatable bonds is 3. The zero-order chi connectivity index (χ0) is 21.6. The highest BCUT2D eigenvalue weighted by Gasteiger charge is 2.30. The second-order valence-electron chi connectivity index (χ2n) is 7.66. The number of carbonyl (C=O) groups is 1. The van der Waals surface area contributed by atoms with Crippen molar-refractivity contribution in [2.45, 2.75) is 46.0 Å². The minimum atomic E-state index is -4.52. The monoisotopic (exact) mass is 407 g/mol. The Kier molecular flexibility index (Phi) is 4.97. The van der Waals surface area contributed by atoms with E-state index in [1.165, 1.54) is 12.1 Å². The number of aryl methyl sites for hydroxylation is 1. The van der Waals surface area contributed by atoms with Gasteiger partial charge < -0.3 is 5.32 Å². The fraction of sp³-hybridized carbons (Fsp3) is 0.368. The van der Waals surface area contributed by atoms with Crippen LogP contribution < -0.4 is 10.9 Å². The van der Waals surface area contributed by atoms with Gasteiger partial charge in [0.25, 0.3) is 5.56 Å². The molecule has 0 saturated carbocycles. The first-order valence-electron chi connectivity index (χ1n) is 8.81. The Balaban J connectivity index is 1.92. The predicted molar refractivity (Wildman–Crippen MR) is 102 cm³/mol. The first-order chi connectivity index (χ1) is 13.4. The van der Waals surface area contributed by atoms with E-state index in [1.807, 2.05) is 20.8 Å². The van der Waals surface area contributed by atoms with Gasteiger partial charge in [-0.25, -0.2) is 4.68 Å². The lowest BCUT2D eigenvalue weighted by molar-refractivity contribution is -0.137. The summed E-state index contributed by atoms with van der Waals surface area (Å²) in [5, 5.41) is 11.4. The van der Waals surface area contributed by atoms with Crippen molar-refractivity contribution >= 4 is 22.5 Å². The van der Waals surface area contributed by atoms with Gasteiger partial charge in [0.15, 0.2) is 0 Å². The minimum absolute atomic E-state index is 0.0181. The van der Waals surface area contributed by atoms with Gasteiger partial charge >= 0.3 is 6.18 Å². The lowest BCUT2D eigenvalue weighted by Crippen LogP contribution is -2.33. The molecule has 1 aromatic carbocycles. The highest BCUT2D eigenvalue weighted by atomic mass is 19.4. The minimum Gasteiger partial charge on any atom is -0.324 e. The van der Waals surface area contributed by atoms with Crippen LogP contribution in [0.1, 0.15) is 32.0 Å². The molecule has 1 amide bonds. The molecule has 0 radical (unpaired) electrons. The van der Waals surface area contributed by atoms with Gasteiger partial charge in [0.1, 0.15) is 12.1 Å². The van der Waals surface area contributed by atoms with Gasteiger partial charge in [-0.1, -0.05) is 6.07 Å². The van der Waals surface area contributed by atoms with Crippen LogP contribution in [0, 0.1) is 6.92 Å². The highest BCUT2D eigenvalue weighted by molar-refractivity contribution is 5.90. The van der Waals surface area contributed by atoms with E-state index >= 15 is 0 Å². The lowest BCUT2D eigenvalue weighted by atomic mass is 10.1. The number of anilines is 1. The molecule has 2 heterocycles. The van der Waals surface area contributed by atoms with Gasteiger partial charge in [-0.2, -0.15) is 23.4 Å². The normalized spacial score (nSPS) is 12.4. The van der Waals surface area contributed by atoms with E-state index in [1.54, 1.807) is 17.8 Å². The highest BCUT2D eigenvalue weighted by Crippen LogP contribution is 2.30. The van der Waals surface area contributed by atoms with Crippen LogP contribution in [-0.2, 0) is 23.1 Å². The third-order valence-electron chi connectivity index (χ3n) is 4.27. The fourth-order valence-corrected chi connectivity index (χ4v) is 2.95. The van der Waals surface area contributed by atoms with E-state index in [-0.39, 0.29) is 5.69 Å². The molecular weight excluding hydrogens is 387 g/mol. The summed E-state index contributed by atoms with van der Waals surface area (Å²) in [6.07, 6.45) is -2.97. The molecule has 0 bridgehead atoms. The van der Waals surface area contributed by atoms with Crippen LogP contribution in [0.2, 0.25) is 0 Å². The zero-order valence-electron chi connectivity index (χ0n) is 16.3. The number of amides is 1. The first-order valence-corrected chi connectivity index (χ1v) is 8.81. The summed E-state index contributed by atoms with van der Waals surface area (Å²) in [5.74, 6) is -0.667. The number of benzene rings is 1. The molecule has 0 aliphatic heterocycles. The molecule has 0 unspecified atom stereocenters.